The Labute approximate surface area is 206 Å². The molecule has 4 atom stereocenters. The molecule has 1 saturated heterocycles. The van der Waals surface area contributed by atoms with Gasteiger partial charge in [-0.2, -0.15) is 13.9 Å². The number of halogens is 4. The van der Waals surface area contributed by atoms with Crippen LogP contribution in [0, 0.1) is 11.7 Å². The number of alkyl halides is 2. The van der Waals surface area contributed by atoms with Gasteiger partial charge in [0.05, 0.1) is 17.3 Å². The third-order valence-corrected chi connectivity index (χ3v) is 7.88. The molecule has 4 heterocycles. The number of nitrogens with one attached hydrogen (secondary N) is 1. The molecular formula is C22H18ClF3N6O2S. The van der Waals surface area contributed by atoms with Crippen LogP contribution in [-0.2, 0) is 0 Å². The van der Waals surface area contributed by atoms with Gasteiger partial charge in [0.2, 0.25) is 0 Å². The van der Waals surface area contributed by atoms with Crippen LogP contribution in [0.3, 0.4) is 0 Å². The molecule has 2 aromatic heterocycles. The monoisotopic (exact) mass is 522 g/mol. The Balaban J connectivity index is 1.57. The summed E-state index contributed by atoms with van der Waals surface area (Å²) in [7, 11) is 0. The van der Waals surface area contributed by atoms with Crippen LogP contribution >= 0.6 is 22.9 Å². The summed E-state index contributed by atoms with van der Waals surface area (Å²) in [5.74, 6) is -0.321. The number of thiazole rings is 1. The van der Waals surface area contributed by atoms with Gasteiger partial charge in [-0.15, -0.1) is 11.3 Å². The van der Waals surface area contributed by atoms with Gasteiger partial charge in [-0.3, -0.25) is 4.99 Å². The second-order valence-electron chi connectivity index (χ2n) is 8.63. The molecule has 2 fully saturated rings. The molecule has 0 bridgehead atoms. The lowest BCUT2D eigenvalue weighted by Gasteiger charge is -2.34. The lowest BCUT2D eigenvalue weighted by atomic mass is 9.91. The molecule has 182 valence electrons. The number of hydrogen-bond acceptors (Lipinski definition) is 8. The summed E-state index contributed by atoms with van der Waals surface area (Å²) < 4.78 is 41.1. The van der Waals surface area contributed by atoms with E-state index in [2.05, 4.69) is 15.6 Å². The molecule has 0 spiro atoms. The number of piperidine rings is 1. The van der Waals surface area contributed by atoms with E-state index in [9.17, 15) is 23.5 Å². The first-order valence-electron chi connectivity index (χ1n) is 10.7. The molecule has 3 N–H and O–H groups in total. The van der Waals surface area contributed by atoms with E-state index in [0.717, 1.165) is 0 Å². The summed E-state index contributed by atoms with van der Waals surface area (Å²) in [5.41, 5.74) is 2.83. The Morgan fingerprint density at radius 1 is 1.31 bits per heavy atom. The molecule has 1 unspecified atom stereocenters. The molecule has 0 amide bonds. The SMILES string of the molecule is ONC[C@@H]1C2N3C(c4nccs4)=N[C@@H](c4ccc(F)cc4Cl)C(c4ccn(C(F)F)n4)=C3C[C@@]21O. The van der Waals surface area contributed by atoms with Crippen LogP contribution in [0.5, 0.6) is 0 Å². The van der Waals surface area contributed by atoms with Crippen molar-refractivity contribution in [3.8, 4) is 0 Å². The van der Waals surface area contributed by atoms with E-state index < -0.39 is 30.1 Å². The van der Waals surface area contributed by atoms with Gasteiger partial charge in [0.25, 0.3) is 0 Å². The number of fused-ring (bicyclic) bond motifs is 3. The van der Waals surface area contributed by atoms with Crippen LogP contribution in [0.15, 0.2) is 52.7 Å². The third kappa shape index (κ3) is 3.43. The quantitative estimate of drug-likeness (QED) is 0.425. The van der Waals surface area contributed by atoms with Gasteiger partial charge in [0.15, 0.2) is 10.8 Å². The molecule has 1 aromatic carbocycles. The van der Waals surface area contributed by atoms with Gasteiger partial charge in [-0.1, -0.05) is 17.7 Å². The normalized spacial score (nSPS) is 27.3. The largest absolute Gasteiger partial charge is 0.387 e. The lowest BCUT2D eigenvalue weighted by molar-refractivity contribution is 0.0564. The van der Waals surface area contributed by atoms with Crippen LogP contribution in [0.1, 0.15) is 35.3 Å². The van der Waals surface area contributed by atoms with Crippen LogP contribution < -0.4 is 5.48 Å². The standard InChI is InChI=1S/C22H18ClF3N6O2S/c23-13-7-10(24)1-2-11(13)17-16(14-3-5-31(30-14)21(25)26)15-8-22(33)12(9-28-34)18(22)32(15)19(29-17)20-27-4-6-35-20/h1-7,12,17-18,21,28,33-34H,8-9H2/t12-,17+,18?,22+/m1/s1. The molecule has 0 radical (unpaired) electrons. The zero-order valence-corrected chi connectivity index (χ0v) is 19.4. The van der Waals surface area contributed by atoms with Crippen molar-refractivity contribution in [3.63, 3.8) is 0 Å². The van der Waals surface area contributed by atoms with Crippen molar-refractivity contribution in [2.75, 3.05) is 6.54 Å². The fourth-order valence-corrected chi connectivity index (χ4v) is 6.14. The summed E-state index contributed by atoms with van der Waals surface area (Å²) >= 11 is 7.78. The average Bonchev–Trinajstić information content (AvgIpc) is 3.36. The Hall–Kier alpha value is -2.77. The van der Waals surface area contributed by atoms with Crippen molar-refractivity contribution in [1.29, 1.82) is 0 Å². The predicted octanol–water partition coefficient (Wildman–Crippen LogP) is 3.85. The van der Waals surface area contributed by atoms with Crippen molar-refractivity contribution in [2.24, 2.45) is 10.9 Å². The maximum Gasteiger partial charge on any atom is 0.333 e. The van der Waals surface area contributed by atoms with Gasteiger partial charge in [0.1, 0.15) is 11.9 Å². The van der Waals surface area contributed by atoms with Crippen LogP contribution in [0.2, 0.25) is 5.02 Å². The summed E-state index contributed by atoms with van der Waals surface area (Å²) in [6.07, 6.45) is 2.98. The number of aliphatic imine (C=N–C) groups is 1. The van der Waals surface area contributed by atoms with Gasteiger partial charge in [-0.25, -0.2) is 19.5 Å². The number of hydroxylamine groups is 1. The van der Waals surface area contributed by atoms with E-state index in [1.165, 1.54) is 41.8 Å². The molecule has 1 aliphatic carbocycles. The average molecular weight is 523 g/mol. The molecule has 35 heavy (non-hydrogen) atoms. The van der Waals surface area contributed by atoms with E-state index in [1.54, 1.807) is 11.6 Å². The summed E-state index contributed by atoms with van der Waals surface area (Å²) in [6, 6.07) is 4.19. The highest BCUT2D eigenvalue weighted by Gasteiger charge is 2.73. The fraction of sp³-hybridized carbons (Fsp3) is 0.318. The maximum atomic E-state index is 13.9. The second kappa shape index (κ2) is 8.14. The Kier molecular flexibility index (Phi) is 5.27. The minimum absolute atomic E-state index is 0.126. The maximum absolute atomic E-state index is 13.9. The number of rotatable bonds is 6. The highest BCUT2D eigenvalue weighted by molar-refractivity contribution is 7.11. The number of benzene rings is 1. The van der Waals surface area contributed by atoms with Crippen molar-refractivity contribution in [3.05, 3.63) is 74.8 Å². The van der Waals surface area contributed by atoms with E-state index in [0.29, 0.717) is 32.4 Å². The Morgan fingerprint density at radius 3 is 2.80 bits per heavy atom. The second-order valence-corrected chi connectivity index (χ2v) is 9.93. The van der Waals surface area contributed by atoms with E-state index in [1.807, 2.05) is 4.90 Å². The molecule has 3 aromatic rings. The van der Waals surface area contributed by atoms with Crippen LogP contribution in [0.4, 0.5) is 13.2 Å². The van der Waals surface area contributed by atoms with Crippen molar-refractivity contribution < 1.29 is 23.5 Å². The first-order chi connectivity index (χ1) is 16.8. The minimum Gasteiger partial charge on any atom is -0.387 e. The zero-order valence-electron chi connectivity index (χ0n) is 17.8. The smallest absolute Gasteiger partial charge is 0.333 e. The highest BCUT2D eigenvalue weighted by Crippen LogP contribution is 2.62. The molecule has 13 heteroatoms. The van der Waals surface area contributed by atoms with Crippen molar-refractivity contribution in [1.82, 2.24) is 25.1 Å². The number of aromatic nitrogens is 3. The fourth-order valence-electron chi connectivity index (χ4n) is 5.24. The number of amidine groups is 1. The van der Waals surface area contributed by atoms with E-state index in [4.69, 9.17) is 16.6 Å². The Morgan fingerprint density at radius 2 is 2.14 bits per heavy atom. The Bertz CT molecular complexity index is 1360. The zero-order chi connectivity index (χ0) is 24.5. The molecular weight excluding hydrogens is 505 g/mol. The van der Waals surface area contributed by atoms with Crippen molar-refractivity contribution in [2.45, 2.75) is 30.7 Å². The number of aliphatic hydroxyl groups is 1. The van der Waals surface area contributed by atoms with Gasteiger partial charge in [0, 0.05) is 58.5 Å². The van der Waals surface area contributed by atoms with Crippen LogP contribution in [0.25, 0.3) is 5.57 Å². The lowest BCUT2D eigenvalue weighted by Crippen LogP contribution is -2.37. The molecule has 3 aliphatic rings. The first kappa shape index (κ1) is 22.7. The van der Waals surface area contributed by atoms with Gasteiger partial charge in [-0.05, 0) is 18.2 Å². The summed E-state index contributed by atoms with van der Waals surface area (Å²) in [6.45, 7) is -2.67. The van der Waals surface area contributed by atoms with Gasteiger partial charge < -0.3 is 15.2 Å². The highest BCUT2D eigenvalue weighted by atomic mass is 35.5. The third-order valence-electron chi connectivity index (χ3n) is 6.79. The van der Waals surface area contributed by atoms with Crippen molar-refractivity contribution >= 4 is 34.3 Å². The van der Waals surface area contributed by atoms with Crippen LogP contribution in [-0.4, -0.2) is 54.0 Å². The molecule has 8 nitrogen and oxygen atoms in total. The molecule has 2 aliphatic heterocycles. The first-order valence-corrected chi connectivity index (χ1v) is 12.0. The number of hydrogen-bond donors (Lipinski definition) is 3. The minimum atomic E-state index is -2.84. The summed E-state index contributed by atoms with van der Waals surface area (Å²) in [5, 5.41) is 27.2. The topological polar surface area (TPSA) is 98.8 Å². The van der Waals surface area contributed by atoms with Gasteiger partial charge >= 0.3 is 6.55 Å². The van der Waals surface area contributed by atoms with E-state index in [-0.39, 0.29) is 29.6 Å². The predicted molar refractivity (Wildman–Crippen MR) is 122 cm³/mol. The number of nitrogens with zero attached hydrogens (tertiary/aromatic N) is 5. The summed E-state index contributed by atoms with van der Waals surface area (Å²) in [4.78, 5) is 11.2. The molecule has 1 saturated carbocycles. The molecule has 6 rings (SSSR count). The van der Waals surface area contributed by atoms with E-state index >= 15 is 0 Å².